The fraction of sp³-hybridized carbons (Fsp3) is 0.476. The molecule has 0 aromatic heterocycles. The molecule has 0 amide bonds. The molecule has 1 aromatic carbocycles. The van der Waals surface area contributed by atoms with Gasteiger partial charge in [0, 0.05) is 29.3 Å². The standard InChI is InChI=1S/C21H24N2O/c1-5-14-6-8-15(9-7-14)19-16(12-22)13(2)23-17-10-21(3,4)11-18(24)20(17)19/h6-9,16,19H,5,10-11H2,1-4H3/t16?,19-/m0/s1. The molecule has 1 aromatic rings. The Morgan fingerprint density at radius 1 is 1.25 bits per heavy atom. The molecule has 0 saturated heterocycles. The van der Waals surface area contributed by atoms with Crippen molar-refractivity contribution >= 4 is 11.5 Å². The highest BCUT2D eigenvalue weighted by atomic mass is 16.1. The van der Waals surface area contributed by atoms with Crippen molar-refractivity contribution < 1.29 is 4.79 Å². The Kier molecular flexibility index (Phi) is 4.17. The minimum atomic E-state index is -0.360. The van der Waals surface area contributed by atoms with E-state index in [-0.39, 0.29) is 23.0 Å². The first-order valence-electron chi connectivity index (χ1n) is 8.66. The van der Waals surface area contributed by atoms with Crippen LogP contribution in [0.1, 0.15) is 57.6 Å². The first-order chi connectivity index (χ1) is 11.4. The number of nitriles is 1. The number of rotatable bonds is 2. The highest BCUT2D eigenvalue weighted by molar-refractivity contribution is 6.03. The van der Waals surface area contributed by atoms with Gasteiger partial charge in [-0.1, -0.05) is 45.0 Å². The Morgan fingerprint density at radius 3 is 2.50 bits per heavy atom. The van der Waals surface area contributed by atoms with E-state index in [1.165, 1.54) is 5.56 Å². The predicted octanol–water partition coefficient (Wildman–Crippen LogP) is 4.59. The van der Waals surface area contributed by atoms with Gasteiger partial charge < -0.3 is 0 Å². The van der Waals surface area contributed by atoms with E-state index in [4.69, 9.17) is 0 Å². The number of carbonyl (C=O) groups is 1. The van der Waals surface area contributed by atoms with E-state index in [1.807, 2.05) is 6.92 Å². The number of ketones is 1. The summed E-state index contributed by atoms with van der Waals surface area (Å²) in [7, 11) is 0. The van der Waals surface area contributed by atoms with Crippen LogP contribution in [0.3, 0.4) is 0 Å². The van der Waals surface area contributed by atoms with Crippen molar-refractivity contribution in [1.82, 2.24) is 0 Å². The average molecular weight is 320 g/mol. The third-order valence-electron chi connectivity index (χ3n) is 5.19. The predicted molar refractivity (Wildman–Crippen MR) is 95.8 cm³/mol. The zero-order valence-electron chi connectivity index (χ0n) is 14.9. The third-order valence-corrected chi connectivity index (χ3v) is 5.19. The molecule has 0 fully saturated rings. The van der Waals surface area contributed by atoms with E-state index in [1.54, 1.807) is 0 Å². The quantitative estimate of drug-likeness (QED) is 0.800. The summed E-state index contributed by atoms with van der Waals surface area (Å²) in [6, 6.07) is 10.7. The Bertz CT molecular complexity index is 775. The number of hydrogen-bond donors (Lipinski definition) is 0. The molecule has 1 aliphatic heterocycles. The van der Waals surface area contributed by atoms with Crippen LogP contribution in [-0.2, 0) is 11.2 Å². The molecule has 1 heterocycles. The molecular weight excluding hydrogens is 296 g/mol. The number of allylic oxidation sites excluding steroid dienone is 2. The van der Waals surface area contributed by atoms with Crippen LogP contribution in [0.25, 0.3) is 0 Å². The van der Waals surface area contributed by atoms with Gasteiger partial charge in [-0.05, 0) is 36.3 Å². The van der Waals surface area contributed by atoms with Gasteiger partial charge in [0.1, 0.15) is 0 Å². The summed E-state index contributed by atoms with van der Waals surface area (Å²) in [4.78, 5) is 17.5. The zero-order chi connectivity index (χ0) is 17.5. The smallest absolute Gasteiger partial charge is 0.161 e. The molecule has 1 aliphatic carbocycles. The first kappa shape index (κ1) is 16.6. The van der Waals surface area contributed by atoms with E-state index in [9.17, 15) is 10.1 Å². The summed E-state index contributed by atoms with van der Waals surface area (Å²) in [5.74, 6) is -0.388. The van der Waals surface area contributed by atoms with Crippen molar-refractivity contribution in [3.8, 4) is 6.07 Å². The summed E-state index contributed by atoms with van der Waals surface area (Å²) < 4.78 is 0. The van der Waals surface area contributed by atoms with E-state index in [2.05, 4.69) is 56.1 Å². The third kappa shape index (κ3) is 2.82. The maximum Gasteiger partial charge on any atom is 0.161 e. The molecule has 0 bridgehead atoms. The molecule has 24 heavy (non-hydrogen) atoms. The van der Waals surface area contributed by atoms with Gasteiger partial charge in [-0.15, -0.1) is 0 Å². The Labute approximate surface area is 144 Å². The molecule has 2 aliphatic rings. The van der Waals surface area contributed by atoms with Crippen LogP contribution in [0.2, 0.25) is 0 Å². The molecule has 3 rings (SSSR count). The highest BCUT2D eigenvalue weighted by Gasteiger charge is 2.42. The van der Waals surface area contributed by atoms with Crippen molar-refractivity contribution in [1.29, 1.82) is 5.26 Å². The molecule has 3 heteroatoms. The zero-order valence-corrected chi connectivity index (χ0v) is 14.9. The average Bonchev–Trinajstić information content (AvgIpc) is 2.52. The van der Waals surface area contributed by atoms with Crippen molar-refractivity contribution in [2.24, 2.45) is 16.3 Å². The summed E-state index contributed by atoms with van der Waals surface area (Å²) in [6.07, 6.45) is 2.31. The molecule has 3 nitrogen and oxygen atoms in total. The van der Waals surface area contributed by atoms with Crippen LogP contribution in [0, 0.1) is 22.7 Å². The number of nitrogens with zero attached hydrogens (tertiary/aromatic N) is 2. The van der Waals surface area contributed by atoms with E-state index >= 15 is 0 Å². The van der Waals surface area contributed by atoms with Crippen molar-refractivity contribution in [2.45, 2.75) is 52.9 Å². The summed E-state index contributed by atoms with van der Waals surface area (Å²) in [6.45, 7) is 8.26. The van der Waals surface area contributed by atoms with Gasteiger partial charge in [-0.3, -0.25) is 9.79 Å². The molecule has 0 N–H and O–H groups in total. The molecule has 124 valence electrons. The number of hydrogen-bond acceptors (Lipinski definition) is 3. The van der Waals surface area contributed by atoms with Crippen LogP contribution >= 0.6 is 0 Å². The van der Waals surface area contributed by atoms with Crippen LogP contribution in [0.15, 0.2) is 40.5 Å². The van der Waals surface area contributed by atoms with Gasteiger partial charge in [-0.25, -0.2) is 0 Å². The minimum absolute atomic E-state index is 0.0597. The lowest BCUT2D eigenvalue weighted by Crippen LogP contribution is -2.35. The summed E-state index contributed by atoms with van der Waals surface area (Å²) in [5, 5.41) is 9.71. The fourth-order valence-electron chi connectivity index (χ4n) is 3.93. The van der Waals surface area contributed by atoms with Crippen molar-refractivity contribution in [3.05, 3.63) is 46.7 Å². The second-order valence-electron chi connectivity index (χ2n) is 7.73. The largest absolute Gasteiger partial charge is 0.294 e. The lowest BCUT2D eigenvalue weighted by molar-refractivity contribution is -0.118. The van der Waals surface area contributed by atoms with Gasteiger partial charge in [0.15, 0.2) is 5.78 Å². The van der Waals surface area contributed by atoms with Crippen molar-refractivity contribution in [3.63, 3.8) is 0 Å². The van der Waals surface area contributed by atoms with E-state index in [0.29, 0.717) is 6.42 Å². The van der Waals surface area contributed by atoms with Crippen LogP contribution in [-0.4, -0.2) is 11.5 Å². The lowest BCUT2D eigenvalue weighted by atomic mass is 9.67. The van der Waals surface area contributed by atoms with Crippen LogP contribution in [0.5, 0.6) is 0 Å². The Balaban J connectivity index is 2.13. The van der Waals surface area contributed by atoms with Crippen molar-refractivity contribution in [2.75, 3.05) is 0 Å². The number of benzene rings is 1. The molecular formula is C21H24N2O. The normalized spacial score (nSPS) is 25.8. The van der Waals surface area contributed by atoms with Gasteiger partial charge in [0.2, 0.25) is 0 Å². The number of Topliss-reactive ketones (excluding diaryl/α,β-unsaturated/α-hetero) is 1. The number of carbonyl (C=O) groups excluding carboxylic acids is 1. The second-order valence-corrected chi connectivity index (χ2v) is 7.73. The maximum atomic E-state index is 12.9. The Hall–Kier alpha value is -2.21. The summed E-state index contributed by atoms with van der Waals surface area (Å²) >= 11 is 0. The SMILES string of the molecule is CCc1ccc([C@@H]2C3=C(CC(C)(C)CC3=O)N=C(C)C2C#N)cc1. The van der Waals surface area contributed by atoms with Crippen LogP contribution < -0.4 is 0 Å². The monoisotopic (exact) mass is 320 g/mol. The number of aryl methyl sites for hydroxylation is 1. The Morgan fingerprint density at radius 2 is 1.92 bits per heavy atom. The second kappa shape index (κ2) is 6.02. The van der Waals surface area contributed by atoms with E-state index < -0.39 is 0 Å². The first-order valence-corrected chi connectivity index (χ1v) is 8.66. The molecule has 0 saturated carbocycles. The highest BCUT2D eigenvalue weighted by Crippen LogP contribution is 2.47. The molecule has 1 unspecified atom stereocenters. The maximum absolute atomic E-state index is 12.9. The van der Waals surface area contributed by atoms with Gasteiger partial charge in [0.25, 0.3) is 0 Å². The van der Waals surface area contributed by atoms with Crippen LogP contribution in [0.4, 0.5) is 0 Å². The minimum Gasteiger partial charge on any atom is -0.294 e. The molecule has 0 spiro atoms. The van der Waals surface area contributed by atoms with Gasteiger partial charge in [-0.2, -0.15) is 5.26 Å². The van der Waals surface area contributed by atoms with Gasteiger partial charge >= 0.3 is 0 Å². The molecule has 2 atom stereocenters. The topological polar surface area (TPSA) is 53.2 Å². The van der Waals surface area contributed by atoms with E-state index in [0.717, 1.165) is 35.4 Å². The molecule has 0 radical (unpaired) electrons. The lowest BCUT2D eigenvalue weighted by Gasteiger charge is -2.37. The fourth-order valence-corrected chi connectivity index (χ4v) is 3.93. The van der Waals surface area contributed by atoms with Gasteiger partial charge in [0.05, 0.1) is 12.0 Å². The number of aliphatic imine (C=N–C) groups is 1. The summed E-state index contributed by atoms with van der Waals surface area (Å²) in [5.41, 5.74) is 4.75.